The van der Waals surface area contributed by atoms with Crippen LogP contribution in [0.25, 0.3) is 6.08 Å². The lowest BCUT2D eigenvalue weighted by Crippen LogP contribution is -2.40. The Morgan fingerprint density at radius 1 is 1.15 bits per heavy atom. The maximum absolute atomic E-state index is 5.22. The Balaban J connectivity index is 1.67. The summed E-state index contributed by atoms with van der Waals surface area (Å²) in [5, 5.41) is 8.01. The van der Waals surface area contributed by atoms with E-state index >= 15 is 0 Å². The lowest BCUT2D eigenvalue weighted by Gasteiger charge is -2.23. The molecule has 0 spiro atoms. The second-order valence-electron chi connectivity index (χ2n) is 4.97. The van der Waals surface area contributed by atoms with Crippen molar-refractivity contribution in [3.63, 3.8) is 0 Å². The Morgan fingerprint density at radius 2 is 1.90 bits per heavy atom. The molecule has 20 heavy (non-hydrogen) atoms. The molecule has 2 N–H and O–H groups in total. The second kappa shape index (κ2) is 8.48. The zero-order chi connectivity index (χ0) is 14.0. The Kier molecular flexibility index (Phi) is 6.24. The van der Waals surface area contributed by atoms with Crippen molar-refractivity contribution >= 4 is 29.6 Å². The maximum Gasteiger partial charge on any atom is 0.187 e. The van der Waals surface area contributed by atoms with Crippen LogP contribution >= 0.6 is 12.2 Å². The standard InChI is InChI=1S/C16H21N3S/c20-16(18-15-11-5-2-6-12-15)19-17-13-7-10-14-8-3-1-4-9-14/h1,3-4,7-10,13,15H,2,5-6,11-12H2,(H2,18,19,20)/b10-7+,17-13+. The van der Waals surface area contributed by atoms with Gasteiger partial charge in [0, 0.05) is 12.3 Å². The van der Waals surface area contributed by atoms with Gasteiger partial charge in [-0.1, -0.05) is 55.7 Å². The molecule has 4 heteroatoms. The third-order valence-corrected chi connectivity index (χ3v) is 3.56. The highest BCUT2D eigenvalue weighted by atomic mass is 32.1. The predicted octanol–water partition coefficient (Wildman–Crippen LogP) is 3.48. The molecule has 0 bridgehead atoms. The van der Waals surface area contributed by atoms with E-state index in [2.05, 4.69) is 15.8 Å². The summed E-state index contributed by atoms with van der Waals surface area (Å²) in [6.07, 6.45) is 12.0. The highest BCUT2D eigenvalue weighted by molar-refractivity contribution is 7.80. The van der Waals surface area contributed by atoms with E-state index in [1.54, 1.807) is 6.21 Å². The monoisotopic (exact) mass is 287 g/mol. The van der Waals surface area contributed by atoms with Gasteiger partial charge in [-0.15, -0.1) is 0 Å². The molecule has 0 amide bonds. The lowest BCUT2D eigenvalue weighted by atomic mass is 9.96. The largest absolute Gasteiger partial charge is 0.359 e. The van der Waals surface area contributed by atoms with Crippen molar-refractivity contribution in [1.82, 2.24) is 10.7 Å². The second-order valence-corrected chi connectivity index (χ2v) is 5.38. The van der Waals surface area contributed by atoms with Crippen molar-refractivity contribution in [3.8, 4) is 0 Å². The maximum atomic E-state index is 5.22. The summed E-state index contributed by atoms with van der Waals surface area (Å²) < 4.78 is 0. The fraction of sp³-hybridized carbons (Fsp3) is 0.375. The molecule has 3 nitrogen and oxygen atoms in total. The summed E-state index contributed by atoms with van der Waals surface area (Å²) in [7, 11) is 0. The minimum absolute atomic E-state index is 0.513. The van der Waals surface area contributed by atoms with Crippen LogP contribution in [0.4, 0.5) is 0 Å². The Hall–Kier alpha value is -1.68. The van der Waals surface area contributed by atoms with E-state index in [-0.39, 0.29) is 0 Å². The number of rotatable bonds is 4. The molecule has 1 aliphatic carbocycles. The first-order valence-electron chi connectivity index (χ1n) is 7.16. The molecule has 0 saturated heterocycles. The molecule has 1 fully saturated rings. The molecule has 106 valence electrons. The number of hydrogen-bond donors (Lipinski definition) is 2. The third-order valence-electron chi connectivity index (χ3n) is 3.36. The third kappa shape index (κ3) is 5.53. The van der Waals surface area contributed by atoms with Crippen molar-refractivity contribution in [2.45, 2.75) is 38.1 Å². The van der Waals surface area contributed by atoms with Crippen LogP contribution in [0.1, 0.15) is 37.7 Å². The van der Waals surface area contributed by atoms with E-state index in [0.29, 0.717) is 11.2 Å². The van der Waals surface area contributed by atoms with Crippen molar-refractivity contribution in [3.05, 3.63) is 42.0 Å². The molecule has 2 rings (SSSR count). The van der Waals surface area contributed by atoms with E-state index in [0.717, 1.165) is 5.56 Å². The first-order valence-corrected chi connectivity index (χ1v) is 7.57. The predicted molar refractivity (Wildman–Crippen MR) is 89.7 cm³/mol. The van der Waals surface area contributed by atoms with E-state index in [1.165, 1.54) is 32.1 Å². The van der Waals surface area contributed by atoms with Gasteiger partial charge in [-0.2, -0.15) is 5.10 Å². The minimum Gasteiger partial charge on any atom is -0.359 e. The van der Waals surface area contributed by atoms with Crippen LogP contribution in [-0.4, -0.2) is 17.4 Å². The van der Waals surface area contributed by atoms with Gasteiger partial charge in [0.25, 0.3) is 0 Å². The number of thiocarbonyl (C=S) groups is 1. The van der Waals surface area contributed by atoms with Crippen LogP contribution in [0.15, 0.2) is 41.5 Å². The number of nitrogens with zero attached hydrogens (tertiary/aromatic N) is 1. The SMILES string of the molecule is S=C(N/N=C/C=C/c1ccccc1)NC1CCCCC1. The van der Waals surface area contributed by atoms with Gasteiger partial charge in [0.1, 0.15) is 0 Å². The zero-order valence-corrected chi connectivity index (χ0v) is 12.4. The smallest absolute Gasteiger partial charge is 0.187 e. The highest BCUT2D eigenvalue weighted by Gasteiger charge is 2.13. The van der Waals surface area contributed by atoms with Gasteiger partial charge in [-0.3, -0.25) is 5.43 Å². The van der Waals surface area contributed by atoms with Gasteiger partial charge >= 0.3 is 0 Å². The molecule has 0 heterocycles. The minimum atomic E-state index is 0.513. The van der Waals surface area contributed by atoms with E-state index in [9.17, 15) is 0 Å². The molecule has 1 aromatic rings. The molecule has 0 aliphatic heterocycles. The molecular formula is C16H21N3S. The number of benzene rings is 1. The van der Waals surface area contributed by atoms with Gasteiger partial charge in [0.2, 0.25) is 0 Å². The Morgan fingerprint density at radius 3 is 2.65 bits per heavy atom. The normalized spacial score (nSPS) is 16.6. The van der Waals surface area contributed by atoms with Crippen molar-refractivity contribution in [1.29, 1.82) is 0 Å². The zero-order valence-electron chi connectivity index (χ0n) is 11.6. The van der Waals surface area contributed by atoms with Crippen LogP contribution in [0, 0.1) is 0 Å². The number of nitrogens with one attached hydrogen (secondary N) is 2. The van der Waals surface area contributed by atoms with Crippen LogP contribution in [-0.2, 0) is 0 Å². The van der Waals surface area contributed by atoms with Crippen molar-refractivity contribution < 1.29 is 0 Å². The summed E-state index contributed by atoms with van der Waals surface area (Å²) in [6, 6.07) is 10.6. The van der Waals surface area contributed by atoms with Crippen molar-refractivity contribution in [2.75, 3.05) is 0 Å². The number of hydrogen-bond acceptors (Lipinski definition) is 2. The lowest BCUT2D eigenvalue weighted by molar-refractivity contribution is 0.412. The average molecular weight is 287 g/mol. The van der Waals surface area contributed by atoms with Crippen LogP contribution in [0.2, 0.25) is 0 Å². The highest BCUT2D eigenvalue weighted by Crippen LogP contribution is 2.17. The summed E-state index contributed by atoms with van der Waals surface area (Å²) in [5.74, 6) is 0. The number of hydrazone groups is 1. The molecule has 0 atom stereocenters. The number of allylic oxidation sites excluding steroid dienone is 1. The average Bonchev–Trinajstić information content (AvgIpc) is 2.49. The van der Waals surface area contributed by atoms with Crippen LogP contribution in [0.3, 0.4) is 0 Å². The Labute approximate surface area is 126 Å². The molecular weight excluding hydrogens is 266 g/mol. The van der Waals surface area contributed by atoms with Gasteiger partial charge in [0.05, 0.1) is 0 Å². The first kappa shape index (κ1) is 14.7. The molecule has 1 saturated carbocycles. The quantitative estimate of drug-likeness (QED) is 0.506. The topological polar surface area (TPSA) is 36.4 Å². The van der Waals surface area contributed by atoms with Gasteiger partial charge in [0.15, 0.2) is 5.11 Å². The van der Waals surface area contributed by atoms with E-state index < -0.39 is 0 Å². The van der Waals surface area contributed by atoms with E-state index in [1.807, 2.05) is 42.5 Å². The van der Waals surface area contributed by atoms with E-state index in [4.69, 9.17) is 12.2 Å². The molecule has 0 unspecified atom stereocenters. The molecule has 0 radical (unpaired) electrons. The molecule has 0 aromatic heterocycles. The Bertz CT molecular complexity index is 462. The molecule has 1 aromatic carbocycles. The summed E-state index contributed by atoms with van der Waals surface area (Å²) >= 11 is 5.22. The fourth-order valence-electron chi connectivity index (χ4n) is 2.32. The van der Waals surface area contributed by atoms with Crippen LogP contribution in [0.5, 0.6) is 0 Å². The fourth-order valence-corrected chi connectivity index (χ4v) is 2.54. The van der Waals surface area contributed by atoms with Gasteiger partial charge < -0.3 is 5.32 Å². The van der Waals surface area contributed by atoms with Gasteiger partial charge in [-0.25, -0.2) is 0 Å². The first-order chi connectivity index (χ1) is 9.84. The summed E-state index contributed by atoms with van der Waals surface area (Å²) in [4.78, 5) is 0. The van der Waals surface area contributed by atoms with Crippen LogP contribution < -0.4 is 10.7 Å². The van der Waals surface area contributed by atoms with Gasteiger partial charge in [-0.05, 0) is 36.7 Å². The summed E-state index contributed by atoms with van der Waals surface area (Å²) in [6.45, 7) is 0. The summed E-state index contributed by atoms with van der Waals surface area (Å²) in [5.41, 5.74) is 4.01. The van der Waals surface area contributed by atoms with Crippen molar-refractivity contribution in [2.24, 2.45) is 5.10 Å². The molecule has 1 aliphatic rings.